The molecule has 0 bridgehead atoms. The minimum Gasteiger partial charge on any atom is -0.489 e. The Hall–Kier alpha value is -0.440. The van der Waals surface area contributed by atoms with E-state index in [9.17, 15) is 0 Å². The maximum Gasteiger partial charge on any atom is 0.138 e. The average Bonchev–Trinajstić information content (AvgIpc) is 2.81. The predicted molar refractivity (Wildman–Crippen MR) is 72.1 cm³/mol. The Kier molecular flexibility index (Phi) is 4.55. The van der Waals surface area contributed by atoms with E-state index in [2.05, 4.69) is 12.2 Å². The molecule has 0 saturated carbocycles. The Morgan fingerprint density at radius 3 is 2.88 bits per heavy atom. The molecule has 0 amide bonds. The van der Waals surface area contributed by atoms with Crippen LogP contribution < -0.4 is 10.1 Å². The van der Waals surface area contributed by atoms with E-state index in [0.717, 1.165) is 25.3 Å². The number of rotatable bonds is 4. The van der Waals surface area contributed by atoms with Gasteiger partial charge in [-0.05, 0) is 37.6 Å². The maximum absolute atomic E-state index is 6.11. The van der Waals surface area contributed by atoms with Gasteiger partial charge in [0.15, 0.2) is 0 Å². The first-order valence-electron chi connectivity index (χ1n) is 6.03. The highest BCUT2D eigenvalue weighted by atomic mass is 35.5. The third-order valence-corrected chi connectivity index (χ3v) is 3.73. The van der Waals surface area contributed by atoms with E-state index >= 15 is 0 Å². The van der Waals surface area contributed by atoms with Gasteiger partial charge in [0.2, 0.25) is 0 Å². The van der Waals surface area contributed by atoms with Crippen LogP contribution in [-0.4, -0.2) is 19.2 Å². The Balaban J connectivity index is 2.06. The molecular formula is C13H17Cl2NO. The topological polar surface area (TPSA) is 21.3 Å². The molecule has 1 aromatic carbocycles. The van der Waals surface area contributed by atoms with Gasteiger partial charge in [-0.2, -0.15) is 0 Å². The van der Waals surface area contributed by atoms with E-state index in [0.29, 0.717) is 16.0 Å². The summed E-state index contributed by atoms with van der Waals surface area (Å²) >= 11 is 12.0. The van der Waals surface area contributed by atoms with Gasteiger partial charge in [0, 0.05) is 17.5 Å². The molecule has 2 atom stereocenters. The number of hydrogen-bond acceptors (Lipinski definition) is 2. The second-order valence-electron chi connectivity index (χ2n) is 4.39. The molecule has 1 aromatic rings. The van der Waals surface area contributed by atoms with Crippen LogP contribution in [-0.2, 0) is 0 Å². The quantitative estimate of drug-likeness (QED) is 0.902. The number of halogens is 2. The fourth-order valence-electron chi connectivity index (χ4n) is 2.24. The zero-order valence-corrected chi connectivity index (χ0v) is 11.4. The standard InChI is InChI=1S/C13H17Cl2NO/c1-2-12(9-5-6-16-8-9)17-13-4-3-10(14)7-11(13)15/h3-4,7,9,12,16H,2,5-6,8H2,1H3/t9-,12-/m0/s1. The van der Waals surface area contributed by atoms with Crippen LogP contribution in [0.4, 0.5) is 0 Å². The lowest BCUT2D eigenvalue weighted by atomic mass is 9.99. The van der Waals surface area contributed by atoms with Crippen molar-refractivity contribution in [2.75, 3.05) is 13.1 Å². The Bertz CT molecular complexity index is 378. The third kappa shape index (κ3) is 3.27. The molecule has 0 aromatic heterocycles. The highest BCUT2D eigenvalue weighted by molar-refractivity contribution is 6.35. The zero-order valence-electron chi connectivity index (χ0n) is 9.88. The Labute approximate surface area is 112 Å². The van der Waals surface area contributed by atoms with Gasteiger partial charge >= 0.3 is 0 Å². The minimum absolute atomic E-state index is 0.226. The van der Waals surface area contributed by atoms with Crippen molar-refractivity contribution in [1.82, 2.24) is 5.32 Å². The van der Waals surface area contributed by atoms with Crippen LogP contribution in [0.2, 0.25) is 10.0 Å². The number of hydrogen-bond donors (Lipinski definition) is 1. The van der Waals surface area contributed by atoms with Gasteiger partial charge in [0.05, 0.1) is 5.02 Å². The van der Waals surface area contributed by atoms with Gasteiger partial charge in [0.1, 0.15) is 11.9 Å². The summed E-state index contributed by atoms with van der Waals surface area (Å²) in [5.41, 5.74) is 0. The van der Waals surface area contributed by atoms with Gasteiger partial charge < -0.3 is 10.1 Å². The SMILES string of the molecule is CC[C@H](Oc1ccc(Cl)cc1Cl)[C@H]1CCNC1. The lowest BCUT2D eigenvalue weighted by Gasteiger charge is -2.23. The van der Waals surface area contributed by atoms with E-state index < -0.39 is 0 Å². The van der Waals surface area contributed by atoms with Crippen molar-refractivity contribution in [3.63, 3.8) is 0 Å². The van der Waals surface area contributed by atoms with Crippen molar-refractivity contribution >= 4 is 23.2 Å². The molecule has 94 valence electrons. The van der Waals surface area contributed by atoms with Gasteiger partial charge in [-0.25, -0.2) is 0 Å². The highest BCUT2D eigenvalue weighted by Gasteiger charge is 2.25. The molecule has 0 unspecified atom stereocenters. The predicted octanol–water partition coefficient (Wildman–Crippen LogP) is 3.76. The summed E-state index contributed by atoms with van der Waals surface area (Å²) in [6.07, 6.45) is 2.39. The first-order valence-corrected chi connectivity index (χ1v) is 6.78. The first kappa shape index (κ1) is 13.0. The van der Waals surface area contributed by atoms with Crippen LogP contribution in [0, 0.1) is 5.92 Å². The molecular weight excluding hydrogens is 257 g/mol. The zero-order chi connectivity index (χ0) is 12.3. The molecule has 0 aliphatic carbocycles. The average molecular weight is 274 g/mol. The van der Waals surface area contributed by atoms with Crippen LogP contribution in [0.5, 0.6) is 5.75 Å². The first-order chi connectivity index (χ1) is 8.20. The lowest BCUT2D eigenvalue weighted by Crippen LogP contribution is -2.28. The second kappa shape index (κ2) is 5.94. The molecule has 1 fully saturated rings. The van der Waals surface area contributed by atoms with Gasteiger partial charge in [-0.1, -0.05) is 30.1 Å². The number of nitrogens with one attached hydrogen (secondary N) is 1. The molecule has 2 rings (SSSR count). The summed E-state index contributed by atoms with van der Waals surface area (Å²) in [7, 11) is 0. The normalized spacial score (nSPS) is 21.5. The smallest absolute Gasteiger partial charge is 0.138 e. The number of benzene rings is 1. The molecule has 0 spiro atoms. The molecule has 4 heteroatoms. The van der Waals surface area contributed by atoms with Crippen molar-refractivity contribution in [2.45, 2.75) is 25.9 Å². The molecule has 1 N–H and O–H groups in total. The van der Waals surface area contributed by atoms with E-state index in [1.807, 2.05) is 12.1 Å². The van der Waals surface area contributed by atoms with Crippen LogP contribution in [0.15, 0.2) is 18.2 Å². The van der Waals surface area contributed by atoms with Crippen molar-refractivity contribution in [1.29, 1.82) is 0 Å². The van der Waals surface area contributed by atoms with Crippen LogP contribution in [0.1, 0.15) is 19.8 Å². The van der Waals surface area contributed by atoms with Crippen molar-refractivity contribution in [3.05, 3.63) is 28.2 Å². The minimum atomic E-state index is 0.226. The Morgan fingerprint density at radius 1 is 1.47 bits per heavy atom. The maximum atomic E-state index is 6.11. The van der Waals surface area contributed by atoms with E-state index in [1.54, 1.807) is 6.07 Å². The fraction of sp³-hybridized carbons (Fsp3) is 0.538. The molecule has 1 saturated heterocycles. The summed E-state index contributed by atoms with van der Waals surface area (Å²) in [4.78, 5) is 0. The largest absolute Gasteiger partial charge is 0.489 e. The van der Waals surface area contributed by atoms with E-state index in [4.69, 9.17) is 27.9 Å². The van der Waals surface area contributed by atoms with E-state index in [1.165, 1.54) is 6.42 Å². The molecule has 1 heterocycles. The van der Waals surface area contributed by atoms with E-state index in [-0.39, 0.29) is 6.10 Å². The highest BCUT2D eigenvalue weighted by Crippen LogP contribution is 2.30. The number of ether oxygens (including phenoxy) is 1. The fourth-order valence-corrected chi connectivity index (χ4v) is 2.69. The monoisotopic (exact) mass is 273 g/mol. The van der Waals surface area contributed by atoms with Gasteiger partial charge in [-0.3, -0.25) is 0 Å². The molecule has 0 radical (unpaired) electrons. The van der Waals surface area contributed by atoms with Gasteiger partial charge in [-0.15, -0.1) is 0 Å². The van der Waals surface area contributed by atoms with Gasteiger partial charge in [0.25, 0.3) is 0 Å². The second-order valence-corrected chi connectivity index (χ2v) is 5.24. The summed E-state index contributed by atoms with van der Waals surface area (Å²) in [5.74, 6) is 1.31. The van der Waals surface area contributed by atoms with Crippen LogP contribution in [0.25, 0.3) is 0 Å². The molecule has 17 heavy (non-hydrogen) atoms. The third-order valence-electron chi connectivity index (χ3n) is 3.20. The molecule has 2 nitrogen and oxygen atoms in total. The van der Waals surface area contributed by atoms with Crippen molar-refractivity contribution in [2.24, 2.45) is 5.92 Å². The van der Waals surface area contributed by atoms with Crippen molar-refractivity contribution in [3.8, 4) is 5.75 Å². The Morgan fingerprint density at radius 2 is 2.29 bits per heavy atom. The summed E-state index contributed by atoms with van der Waals surface area (Å²) in [5, 5.41) is 4.58. The molecule has 1 aliphatic rings. The summed E-state index contributed by atoms with van der Waals surface area (Å²) in [6.45, 7) is 4.26. The lowest BCUT2D eigenvalue weighted by molar-refractivity contribution is 0.138. The molecule has 1 aliphatic heterocycles. The summed E-state index contributed by atoms with van der Waals surface area (Å²) in [6, 6.07) is 5.37. The van der Waals surface area contributed by atoms with Crippen LogP contribution >= 0.6 is 23.2 Å². The van der Waals surface area contributed by atoms with Crippen molar-refractivity contribution < 1.29 is 4.74 Å². The summed E-state index contributed by atoms with van der Waals surface area (Å²) < 4.78 is 6.00. The van der Waals surface area contributed by atoms with Crippen LogP contribution in [0.3, 0.4) is 0 Å².